The SMILES string of the molecule is C[C@H](NC(=O)c1ccc([N+](=O)[O-])cc1Cl)c1ccccc1. The maximum absolute atomic E-state index is 12.2. The summed E-state index contributed by atoms with van der Waals surface area (Å²) in [7, 11) is 0. The molecule has 0 saturated heterocycles. The third-order valence-corrected chi connectivity index (χ3v) is 3.37. The lowest BCUT2D eigenvalue weighted by Gasteiger charge is -2.14. The minimum absolute atomic E-state index is 0.0574. The fourth-order valence-electron chi connectivity index (χ4n) is 1.90. The van der Waals surface area contributed by atoms with Gasteiger partial charge in [0.15, 0.2) is 0 Å². The fourth-order valence-corrected chi connectivity index (χ4v) is 2.16. The number of hydrogen-bond acceptors (Lipinski definition) is 3. The van der Waals surface area contributed by atoms with Crippen LogP contribution in [0.25, 0.3) is 0 Å². The van der Waals surface area contributed by atoms with Gasteiger partial charge in [0.2, 0.25) is 0 Å². The van der Waals surface area contributed by atoms with Crippen molar-refractivity contribution in [1.29, 1.82) is 0 Å². The third kappa shape index (κ3) is 3.58. The van der Waals surface area contributed by atoms with Crippen molar-refractivity contribution >= 4 is 23.2 Å². The number of nitro benzene ring substituents is 1. The standard InChI is InChI=1S/C15H13ClN2O3/c1-10(11-5-3-2-4-6-11)17-15(19)13-8-7-12(18(20)21)9-14(13)16/h2-10H,1H3,(H,17,19)/t10-/m0/s1. The minimum atomic E-state index is -0.555. The first-order chi connectivity index (χ1) is 9.99. The molecule has 0 radical (unpaired) electrons. The molecule has 21 heavy (non-hydrogen) atoms. The van der Waals surface area contributed by atoms with Gasteiger partial charge in [-0.25, -0.2) is 0 Å². The van der Waals surface area contributed by atoms with Gasteiger partial charge in [-0.15, -0.1) is 0 Å². The van der Waals surface area contributed by atoms with Crippen LogP contribution >= 0.6 is 11.6 Å². The molecule has 0 aromatic heterocycles. The first-order valence-electron chi connectivity index (χ1n) is 6.29. The Morgan fingerprint density at radius 1 is 1.24 bits per heavy atom. The molecule has 5 nitrogen and oxygen atoms in total. The molecule has 0 saturated carbocycles. The van der Waals surface area contributed by atoms with Crippen molar-refractivity contribution in [2.24, 2.45) is 0 Å². The predicted molar refractivity (Wildman–Crippen MR) is 80.4 cm³/mol. The number of nitrogens with zero attached hydrogens (tertiary/aromatic N) is 1. The van der Waals surface area contributed by atoms with Gasteiger partial charge in [-0.3, -0.25) is 14.9 Å². The summed E-state index contributed by atoms with van der Waals surface area (Å²) in [5.41, 5.74) is 1.03. The largest absolute Gasteiger partial charge is 0.345 e. The predicted octanol–water partition coefficient (Wildman–Crippen LogP) is 3.74. The molecule has 6 heteroatoms. The van der Waals surface area contributed by atoms with E-state index in [-0.39, 0.29) is 28.2 Å². The van der Waals surface area contributed by atoms with Crippen molar-refractivity contribution in [3.05, 3.63) is 74.8 Å². The minimum Gasteiger partial charge on any atom is -0.345 e. The van der Waals surface area contributed by atoms with Crippen molar-refractivity contribution < 1.29 is 9.72 Å². The number of carbonyl (C=O) groups is 1. The number of hydrogen-bond donors (Lipinski definition) is 1. The van der Waals surface area contributed by atoms with Crippen LogP contribution in [0.4, 0.5) is 5.69 Å². The van der Waals surface area contributed by atoms with E-state index in [2.05, 4.69) is 5.32 Å². The van der Waals surface area contributed by atoms with Crippen molar-refractivity contribution in [3.63, 3.8) is 0 Å². The molecule has 0 aliphatic rings. The second-order valence-corrected chi connectivity index (χ2v) is 4.93. The van der Waals surface area contributed by atoms with Crippen molar-refractivity contribution in [2.75, 3.05) is 0 Å². The molecule has 1 atom stereocenters. The van der Waals surface area contributed by atoms with Gasteiger partial charge in [0.25, 0.3) is 11.6 Å². The third-order valence-electron chi connectivity index (χ3n) is 3.06. The van der Waals surface area contributed by atoms with Gasteiger partial charge in [0, 0.05) is 12.1 Å². The van der Waals surface area contributed by atoms with Crippen LogP contribution in [0.2, 0.25) is 5.02 Å². The molecular weight excluding hydrogens is 292 g/mol. The van der Waals surface area contributed by atoms with Crippen LogP contribution in [0.3, 0.4) is 0 Å². The fraction of sp³-hybridized carbons (Fsp3) is 0.133. The molecule has 0 unspecified atom stereocenters. The van der Waals surface area contributed by atoms with Gasteiger partial charge in [0.05, 0.1) is 21.6 Å². The average molecular weight is 305 g/mol. The highest BCUT2D eigenvalue weighted by Gasteiger charge is 2.17. The van der Waals surface area contributed by atoms with Gasteiger partial charge in [-0.1, -0.05) is 41.9 Å². The number of nitrogens with one attached hydrogen (secondary N) is 1. The molecule has 0 aliphatic carbocycles. The number of benzene rings is 2. The maximum Gasteiger partial charge on any atom is 0.270 e. The zero-order valence-corrected chi connectivity index (χ0v) is 12.0. The quantitative estimate of drug-likeness (QED) is 0.691. The summed E-state index contributed by atoms with van der Waals surface area (Å²) in [6.45, 7) is 1.85. The number of amides is 1. The second-order valence-electron chi connectivity index (χ2n) is 4.53. The maximum atomic E-state index is 12.2. The van der Waals surface area contributed by atoms with Crippen LogP contribution in [0.5, 0.6) is 0 Å². The van der Waals surface area contributed by atoms with Crippen LogP contribution in [0.1, 0.15) is 28.9 Å². The lowest BCUT2D eigenvalue weighted by molar-refractivity contribution is -0.384. The average Bonchev–Trinajstić information content (AvgIpc) is 2.47. The van der Waals surface area contributed by atoms with E-state index >= 15 is 0 Å². The van der Waals surface area contributed by atoms with E-state index in [1.807, 2.05) is 37.3 Å². The summed E-state index contributed by atoms with van der Waals surface area (Å²) in [5, 5.41) is 13.5. The van der Waals surface area contributed by atoms with Gasteiger partial charge in [-0.2, -0.15) is 0 Å². The van der Waals surface area contributed by atoms with Gasteiger partial charge < -0.3 is 5.32 Å². The van der Waals surface area contributed by atoms with E-state index in [1.54, 1.807) is 0 Å². The molecule has 0 spiro atoms. The highest BCUT2D eigenvalue weighted by atomic mass is 35.5. The topological polar surface area (TPSA) is 72.2 Å². The Labute approximate surface area is 126 Å². The monoisotopic (exact) mass is 304 g/mol. The lowest BCUT2D eigenvalue weighted by atomic mass is 10.1. The van der Waals surface area contributed by atoms with E-state index in [9.17, 15) is 14.9 Å². The molecule has 2 rings (SSSR count). The summed E-state index contributed by atoms with van der Waals surface area (Å²) >= 11 is 5.93. The Balaban J connectivity index is 2.15. The number of non-ortho nitro benzene ring substituents is 1. The molecule has 108 valence electrons. The lowest BCUT2D eigenvalue weighted by Crippen LogP contribution is -2.26. The zero-order chi connectivity index (χ0) is 15.4. The first-order valence-corrected chi connectivity index (χ1v) is 6.66. The van der Waals surface area contributed by atoms with Crippen molar-refractivity contribution in [1.82, 2.24) is 5.32 Å². The van der Waals surface area contributed by atoms with E-state index in [1.165, 1.54) is 18.2 Å². The second kappa shape index (κ2) is 6.37. The van der Waals surface area contributed by atoms with Crippen LogP contribution in [0.15, 0.2) is 48.5 Å². The Kier molecular flexibility index (Phi) is 4.55. The number of rotatable bonds is 4. The molecule has 2 aromatic carbocycles. The van der Waals surface area contributed by atoms with Gasteiger partial charge in [0.1, 0.15) is 0 Å². The Morgan fingerprint density at radius 3 is 2.48 bits per heavy atom. The molecule has 1 N–H and O–H groups in total. The van der Waals surface area contributed by atoms with E-state index < -0.39 is 4.92 Å². The first kappa shape index (κ1) is 15.0. The molecule has 0 heterocycles. The number of nitro groups is 1. The number of halogens is 1. The highest BCUT2D eigenvalue weighted by Crippen LogP contribution is 2.23. The summed E-state index contributed by atoms with van der Waals surface area (Å²) in [5.74, 6) is -0.369. The van der Waals surface area contributed by atoms with Crippen molar-refractivity contribution in [3.8, 4) is 0 Å². The summed E-state index contributed by atoms with van der Waals surface area (Å²) in [6.07, 6.45) is 0. The van der Waals surface area contributed by atoms with Crippen LogP contribution in [-0.4, -0.2) is 10.8 Å². The summed E-state index contributed by atoms with van der Waals surface area (Å²) in [4.78, 5) is 22.3. The molecular formula is C15H13ClN2O3. The van der Waals surface area contributed by atoms with E-state index in [4.69, 9.17) is 11.6 Å². The van der Waals surface area contributed by atoms with E-state index in [0.717, 1.165) is 5.56 Å². The zero-order valence-electron chi connectivity index (χ0n) is 11.2. The summed E-state index contributed by atoms with van der Waals surface area (Å²) < 4.78 is 0. The Hall–Kier alpha value is -2.40. The molecule has 0 fully saturated rings. The Bertz CT molecular complexity index is 674. The highest BCUT2D eigenvalue weighted by molar-refractivity contribution is 6.34. The number of carbonyl (C=O) groups excluding carboxylic acids is 1. The Morgan fingerprint density at radius 2 is 1.90 bits per heavy atom. The molecule has 0 bridgehead atoms. The van der Waals surface area contributed by atoms with Gasteiger partial charge in [-0.05, 0) is 18.6 Å². The van der Waals surface area contributed by atoms with Gasteiger partial charge >= 0.3 is 0 Å². The van der Waals surface area contributed by atoms with E-state index in [0.29, 0.717) is 0 Å². The van der Waals surface area contributed by atoms with Crippen LogP contribution < -0.4 is 5.32 Å². The molecule has 1 amide bonds. The van der Waals surface area contributed by atoms with Crippen LogP contribution in [0, 0.1) is 10.1 Å². The normalized spacial score (nSPS) is 11.7. The molecule has 2 aromatic rings. The summed E-state index contributed by atoms with van der Waals surface area (Å²) in [6, 6.07) is 13.1. The van der Waals surface area contributed by atoms with Crippen molar-refractivity contribution in [2.45, 2.75) is 13.0 Å². The molecule has 0 aliphatic heterocycles. The van der Waals surface area contributed by atoms with Crippen LogP contribution in [-0.2, 0) is 0 Å². The smallest absolute Gasteiger partial charge is 0.270 e.